The molecule has 1 heterocycles. The monoisotopic (exact) mass is 289 g/mol. The van der Waals surface area contributed by atoms with Crippen LogP contribution >= 0.6 is 0 Å². The van der Waals surface area contributed by atoms with E-state index in [0.717, 1.165) is 13.1 Å². The molecule has 1 N–H and O–H groups in total. The third-order valence-electron chi connectivity index (χ3n) is 4.12. The van der Waals surface area contributed by atoms with E-state index in [4.69, 9.17) is 0 Å². The Morgan fingerprint density at radius 1 is 1.05 bits per heavy atom. The first-order chi connectivity index (χ1) is 9.94. The largest absolute Gasteiger partial charge is 0.308 e. The van der Waals surface area contributed by atoms with Crippen molar-refractivity contribution in [1.82, 2.24) is 15.1 Å². The van der Waals surface area contributed by atoms with Crippen LogP contribution in [0.15, 0.2) is 30.3 Å². The van der Waals surface area contributed by atoms with Gasteiger partial charge in [0, 0.05) is 45.3 Å². The number of nitrogens with zero attached hydrogens (tertiary/aromatic N) is 2. The maximum Gasteiger partial charge on any atom is 0.0449 e. The first kappa shape index (κ1) is 16.5. The van der Waals surface area contributed by atoms with Crippen molar-refractivity contribution in [2.45, 2.75) is 26.8 Å². The molecule has 1 aromatic rings. The van der Waals surface area contributed by atoms with Gasteiger partial charge in [-0.25, -0.2) is 0 Å². The van der Waals surface area contributed by atoms with Gasteiger partial charge in [0.1, 0.15) is 0 Å². The number of nitrogens with one attached hydrogen (secondary N) is 1. The molecule has 0 saturated carbocycles. The maximum absolute atomic E-state index is 3.78. The van der Waals surface area contributed by atoms with Gasteiger partial charge in [-0.2, -0.15) is 0 Å². The van der Waals surface area contributed by atoms with Crippen LogP contribution in [0.25, 0.3) is 0 Å². The number of benzene rings is 1. The van der Waals surface area contributed by atoms with Crippen LogP contribution in [0.5, 0.6) is 0 Å². The SMILES string of the molecule is CN1CCN(C[C@H](NCC(C)(C)C)c2ccccc2)CC1. The second-order valence-electron chi connectivity index (χ2n) is 7.51. The molecule has 0 amide bonds. The van der Waals surface area contributed by atoms with Crippen LogP contribution in [-0.4, -0.2) is 56.1 Å². The summed E-state index contributed by atoms with van der Waals surface area (Å²) in [6, 6.07) is 11.3. The molecule has 118 valence electrons. The Morgan fingerprint density at radius 3 is 2.24 bits per heavy atom. The zero-order valence-electron chi connectivity index (χ0n) is 14.1. The minimum Gasteiger partial charge on any atom is -0.308 e. The lowest BCUT2D eigenvalue weighted by atomic mass is 9.95. The molecule has 0 bridgehead atoms. The number of hydrogen-bond donors (Lipinski definition) is 1. The first-order valence-electron chi connectivity index (χ1n) is 8.13. The van der Waals surface area contributed by atoms with Gasteiger partial charge in [0.2, 0.25) is 0 Å². The molecule has 0 aromatic heterocycles. The van der Waals surface area contributed by atoms with E-state index in [2.05, 4.69) is 73.3 Å². The van der Waals surface area contributed by atoms with Crippen LogP contribution < -0.4 is 5.32 Å². The number of piperazine rings is 1. The molecule has 0 radical (unpaired) electrons. The van der Waals surface area contributed by atoms with Crippen LogP contribution in [0.4, 0.5) is 0 Å². The summed E-state index contributed by atoms with van der Waals surface area (Å²) in [6.45, 7) is 13.7. The summed E-state index contributed by atoms with van der Waals surface area (Å²) in [5, 5.41) is 3.78. The van der Waals surface area contributed by atoms with Crippen molar-refractivity contribution in [3.05, 3.63) is 35.9 Å². The highest BCUT2D eigenvalue weighted by Gasteiger charge is 2.21. The fourth-order valence-electron chi connectivity index (χ4n) is 2.69. The van der Waals surface area contributed by atoms with Crippen LogP contribution in [0.3, 0.4) is 0 Å². The molecule has 1 aliphatic rings. The van der Waals surface area contributed by atoms with E-state index in [1.807, 2.05) is 0 Å². The molecular weight excluding hydrogens is 258 g/mol. The summed E-state index contributed by atoms with van der Waals surface area (Å²) in [5.74, 6) is 0. The molecular formula is C18H31N3. The molecule has 1 fully saturated rings. The lowest BCUT2D eigenvalue weighted by Crippen LogP contribution is -2.47. The van der Waals surface area contributed by atoms with E-state index in [1.54, 1.807) is 0 Å². The van der Waals surface area contributed by atoms with Crippen molar-refractivity contribution in [1.29, 1.82) is 0 Å². The lowest BCUT2D eigenvalue weighted by Gasteiger charge is -2.35. The number of rotatable bonds is 5. The lowest BCUT2D eigenvalue weighted by molar-refractivity contribution is 0.140. The van der Waals surface area contributed by atoms with Crippen LogP contribution in [0.2, 0.25) is 0 Å². The predicted octanol–water partition coefficient (Wildman–Crippen LogP) is 2.61. The average molecular weight is 289 g/mol. The van der Waals surface area contributed by atoms with Crippen LogP contribution in [-0.2, 0) is 0 Å². The third-order valence-corrected chi connectivity index (χ3v) is 4.12. The topological polar surface area (TPSA) is 18.5 Å². The van der Waals surface area contributed by atoms with Gasteiger partial charge in [0.25, 0.3) is 0 Å². The summed E-state index contributed by atoms with van der Waals surface area (Å²) in [7, 11) is 2.21. The van der Waals surface area contributed by atoms with Gasteiger partial charge in [0.15, 0.2) is 0 Å². The van der Waals surface area contributed by atoms with E-state index in [9.17, 15) is 0 Å². The molecule has 0 spiro atoms. The van der Waals surface area contributed by atoms with E-state index >= 15 is 0 Å². The normalized spacial score (nSPS) is 19.6. The molecule has 1 saturated heterocycles. The van der Waals surface area contributed by atoms with Gasteiger partial charge >= 0.3 is 0 Å². The Kier molecular flexibility index (Phi) is 5.80. The van der Waals surface area contributed by atoms with Gasteiger partial charge in [-0.05, 0) is 18.0 Å². The Hall–Kier alpha value is -0.900. The van der Waals surface area contributed by atoms with Crippen molar-refractivity contribution >= 4 is 0 Å². The average Bonchev–Trinajstić information content (AvgIpc) is 2.45. The zero-order valence-corrected chi connectivity index (χ0v) is 14.1. The third kappa shape index (κ3) is 5.77. The van der Waals surface area contributed by atoms with Gasteiger partial charge < -0.3 is 10.2 Å². The second kappa shape index (κ2) is 7.39. The fraction of sp³-hybridized carbons (Fsp3) is 0.667. The highest BCUT2D eigenvalue weighted by Crippen LogP contribution is 2.18. The van der Waals surface area contributed by atoms with Gasteiger partial charge in [-0.3, -0.25) is 4.90 Å². The summed E-state index contributed by atoms with van der Waals surface area (Å²) in [4.78, 5) is 5.00. The summed E-state index contributed by atoms with van der Waals surface area (Å²) >= 11 is 0. The van der Waals surface area contributed by atoms with Gasteiger partial charge in [-0.15, -0.1) is 0 Å². The molecule has 1 atom stereocenters. The van der Waals surface area contributed by atoms with Gasteiger partial charge in [-0.1, -0.05) is 51.1 Å². The molecule has 1 aromatic carbocycles. The van der Waals surface area contributed by atoms with E-state index in [0.29, 0.717) is 11.5 Å². The predicted molar refractivity (Wildman–Crippen MR) is 90.6 cm³/mol. The fourth-order valence-corrected chi connectivity index (χ4v) is 2.69. The van der Waals surface area contributed by atoms with E-state index in [-0.39, 0.29) is 0 Å². The molecule has 21 heavy (non-hydrogen) atoms. The standard InChI is InChI=1S/C18H31N3/c1-18(2,3)15-19-17(16-8-6-5-7-9-16)14-21-12-10-20(4)11-13-21/h5-9,17,19H,10-15H2,1-4H3/t17-/m0/s1. The van der Waals surface area contributed by atoms with E-state index in [1.165, 1.54) is 31.7 Å². The quantitative estimate of drug-likeness (QED) is 0.899. The molecule has 3 nitrogen and oxygen atoms in total. The highest BCUT2D eigenvalue weighted by atomic mass is 15.3. The molecule has 1 aliphatic heterocycles. The summed E-state index contributed by atoms with van der Waals surface area (Å²) < 4.78 is 0. The smallest absolute Gasteiger partial charge is 0.0449 e. The minimum absolute atomic E-state index is 0.315. The Morgan fingerprint density at radius 2 is 1.67 bits per heavy atom. The van der Waals surface area contributed by atoms with Crippen molar-refractivity contribution in [2.75, 3.05) is 46.3 Å². The van der Waals surface area contributed by atoms with Gasteiger partial charge in [0.05, 0.1) is 0 Å². The highest BCUT2D eigenvalue weighted by molar-refractivity contribution is 5.19. The summed E-state index contributed by atoms with van der Waals surface area (Å²) in [6.07, 6.45) is 0. The van der Waals surface area contributed by atoms with E-state index < -0.39 is 0 Å². The molecule has 0 aliphatic carbocycles. The molecule has 3 heteroatoms. The van der Waals surface area contributed by atoms with Crippen molar-refractivity contribution in [3.63, 3.8) is 0 Å². The maximum atomic E-state index is 3.78. The minimum atomic E-state index is 0.315. The molecule has 2 rings (SSSR count). The zero-order chi connectivity index (χ0) is 15.3. The van der Waals surface area contributed by atoms with Crippen molar-refractivity contribution in [3.8, 4) is 0 Å². The van der Waals surface area contributed by atoms with Crippen LogP contribution in [0, 0.1) is 5.41 Å². The second-order valence-corrected chi connectivity index (χ2v) is 7.51. The molecule has 0 unspecified atom stereocenters. The van der Waals surface area contributed by atoms with Crippen molar-refractivity contribution in [2.24, 2.45) is 5.41 Å². The number of likely N-dealkylation sites (N-methyl/N-ethyl adjacent to an activating group) is 1. The van der Waals surface area contributed by atoms with Crippen LogP contribution in [0.1, 0.15) is 32.4 Å². The first-order valence-corrected chi connectivity index (χ1v) is 8.13. The Bertz CT molecular complexity index is 402. The summed E-state index contributed by atoms with van der Waals surface area (Å²) in [5.41, 5.74) is 1.72. The Balaban J connectivity index is 1.98. The van der Waals surface area contributed by atoms with Crippen molar-refractivity contribution < 1.29 is 0 Å². The Labute approximate surface area is 130 Å². The number of hydrogen-bond acceptors (Lipinski definition) is 3.